The van der Waals surface area contributed by atoms with Crippen LogP contribution in [0.3, 0.4) is 0 Å². The molecule has 0 saturated heterocycles. The monoisotopic (exact) mass is 730 g/mol. The summed E-state index contributed by atoms with van der Waals surface area (Å²) in [5.41, 5.74) is 7.53. The van der Waals surface area contributed by atoms with Gasteiger partial charge in [0, 0.05) is 77.8 Å². The zero-order valence-corrected chi connectivity index (χ0v) is 30.9. The maximum Gasteiger partial charge on any atom is 0.0566 e. The second-order valence-electron chi connectivity index (χ2n) is 14.0. The van der Waals surface area contributed by atoms with Gasteiger partial charge in [-0.25, -0.2) is 0 Å². The predicted molar refractivity (Wildman–Crippen MR) is 233 cm³/mol. The molecular weight excluding hydrogens is 701 g/mol. The van der Waals surface area contributed by atoms with E-state index in [4.69, 9.17) is 0 Å². The van der Waals surface area contributed by atoms with Crippen LogP contribution in [0.4, 0.5) is 11.4 Å². The molecule has 4 heterocycles. The summed E-state index contributed by atoms with van der Waals surface area (Å²) in [5.74, 6) is 0. The highest BCUT2D eigenvalue weighted by Gasteiger charge is 2.27. The van der Waals surface area contributed by atoms with E-state index < -0.39 is 0 Å². The van der Waals surface area contributed by atoms with Crippen molar-refractivity contribution >= 4 is 124 Å². The Morgan fingerprint density at radius 3 is 1.92 bits per heavy atom. The number of para-hydroxylation sites is 1. The normalized spacial score (nSPS) is 14.5. The van der Waals surface area contributed by atoms with Crippen LogP contribution >= 0.6 is 34.0 Å². The van der Waals surface area contributed by atoms with Gasteiger partial charge in [0.25, 0.3) is 0 Å². The number of hydrogen-bond acceptors (Lipinski definition) is 4. The molecular formula is C48H30N2S3. The van der Waals surface area contributed by atoms with Gasteiger partial charge in [-0.2, -0.15) is 0 Å². The van der Waals surface area contributed by atoms with Gasteiger partial charge in [-0.05, 0) is 96.2 Å². The van der Waals surface area contributed by atoms with Gasteiger partial charge >= 0.3 is 0 Å². The molecule has 250 valence electrons. The zero-order chi connectivity index (χ0) is 34.6. The van der Waals surface area contributed by atoms with Crippen LogP contribution in [0.2, 0.25) is 0 Å². The Hall–Kier alpha value is -5.72. The van der Waals surface area contributed by atoms with Crippen LogP contribution in [-0.4, -0.2) is 10.6 Å². The van der Waals surface area contributed by atoms with Gasteiger partial charge in [0.15, 0.2) is 0 Å². The molecule has 4 aromatic heterocycles. The Kier molecular flexibility index (Phi) is 6.41. The first kappa shape index (κ1) is 29.8. The molecule has 0 saturated carbocycles. The van der Waals surface area contributed by atoms with Crippen LogP contribution in [0.25, 0.3) is 84.0 Å². The Morgan fingerprint density at radius 1 is 0.491 bits per heavy atom. The third kappa shape index (κ3) is 4.42. The maximum absolute atomic E-state index is 2.61. The molecule has 0 aliphatic heterocycles. The molecule has 1 atom stereocenters. The summed E-state index contributed by atoms with van der Waals surface area (Å²) in [6.07, 6.45) is 5.76. The number of benzene rings is 7. The fourth-order valence-electron chi connectivity index (χ4n) is 8.79. The summed E-state index contributed by atoms with van der Waals surface area (Å²) in [4.78, 5) is 3.99. The van der Waals surface area contributed by atoms with Gasteiger partial charge in [-0.3, -0.25) is 0 Å². The number of fused-ring (bicyclic) bond motifs is 13. The minimum Gasteiger partial charge on any atom is -0.334 e. The van der Waals surface area contributed by atoms with E-state index in [0.29, 0.717) is 0 Å². The van der Waals surface area contributed by atoms with Crippen molar-refractivity contribution in [1.82, 2.24) is 4.57 Å². The Morgan fingerprint density at radius 2 is 1.11 bits per heavy atom. The Balaban J connectivity index is 1.13. The standard InChI is InChI=1S/C48H30N2S3/c1-2-10-29(11-3-1)50-40-22-18-30(28-39(40)47-41(50)23-21-36-33-12-4-9-17-44(33)53-48(36)47)49(31-19-24-45-37(26-31)34-13-5-7-15-42(34)51-45)32-20-25-46-38(27-32)35-14-6-8-16-43(35)52-46/h1-26,28,32H,27H2. The third-order valence-electron chi connectivity index (χ3n) is 11.1. The second kappa shape index (κ2) is 11.4. The molecule has 11 aromatic rings. The molecule has 1 aliphatic rings. The molecule has 0 fully saturated rings. The predicted octanol–water partition coefficient (Wildman–Crippen LogP) is 14.5. The van der Waals surface area contributed by atoms with Crippen LogP contribution in [0.1, 0.15) is 10.4 Å². The molecule has 0 spiro atoms. The Labute approximate surface area is 317 Å². The molecule has 1 aliphatic carbocycles. The minimum absolute atomic E-state index is 0.145. The molecule has 1 unspecified atom stereocenters. The van der Waals surface area contributed by atoms with E-state index in [1.165, 1.54) is 99.7 Å². The van der Waals surface area contributed by atoms with Gasteiger partial charge in [0.05, 0.1) is 17.1 Å². The van der Waals surface area contributed by atoms with Crippen molar-refractivity contribution in [2.24, 2.45) is 0 Å². The molecule has 7 aromatic carbocycles. The summed E-state index contributed by atoms with van der Waals surface area (Å²) in [5, 5.41) is 9.30. The van der Waals surface area contributed by atoms with E-state index in [-0.39, 0.29) is 6.04 Å². The number of hydrogen-bond donors (Lipinski definition) is 0. The highest BCUT2D eigenvalue weighted by Crippen LogP contribution is 2.46. The molecule has 0 amide bonds. The lowest BCUT2D eigenvalue weighted by Crippen LogP contribution is -2.32. The van der Waals surface area contributed by atoms with Gasteiger partial charge in [0.2, 0.25) is 0 Å². The molecule has 5 heteroatoms. The summed E-state index contributed by atoms with van der Waals surface area (Å²) < 4.78 is 9.16. The van der Waals surface area contributed by atoms with Crippen LogP contribution in [0.5, 0.6) is 0 Å². The van der Waals surface area contributed by atoms with Crippen molar-refractivity contribution in [3.63, 3.8) is 0 Å². The first-order chi connectivity index (χ1) is 26.3. The molecule has 0 radical (unpaired) electrons. The van der Waals surface area contributed by atoms with Crippen LogP contribution in [0.15, 0.2) is 158 Å². The molecule has 0 N–H and O–H groups in total. The van der Waals surface area contributed by atoms with Crippen molar-refractivity contribution in [2.75, 3.05) is 4.90 Å². The molecule has 12 rings (SSSR count). The number of rotatable bonds is 4. The second-order valence-corrected chi connectivity index (χ2v) is 17.2. The van der Waals surface area contributed by atoms with Crippen LogP contribution in [-0.2, 0) is 6.42 Å². The largest absolute Gasteiger partial charge is 0.334 e. The lowest BCUT2D eigenvalue weighted by Gasteiger charge is -2.34. The summed E-state index contributed by atoms with van der Waals surface area (Å²) >= 11 is 5.71. The lowest BCUT2D eigenvalue weighted by molar-refractivity contribution is 0.774. The fraction of sp³-hybridized carbons (Fsp3) is 0.0417. The average Bonchev–Trinajstić information content (AvgIpc) is 3.97. The van der Waals surface area contributed by atoms with E-state index in [1.807, 2.05) is 34.0 Å². The van der Waals surface area contributed by atoms with Crippen molar-refractivity contribution in [3.05, 3.63) is 168 Å². The third-order valence-corrected chi connectivity index (χ3v) is 14.7. The zero-order valence-electron chi connectivity index (χ0n) is 28.5. The van der Waals surface area contributed by atoms with Gasteiger partial charge < -0.3 is 9.47 Å². The summed E-state index contributed by atoms with van der Waals surface area (Å²) in [6.45, 7) is 0. The smallest absolute Gasteiger partial charge is 0.0566 e. The van der Waals surface area contributed by atoms with Crippen molar-refractivity contribution in [3.8, 4) is 5.69 Å². The van der Waals surface area contributed by atoms with E-state index in [0.717, 1.165) is 6.42 Å². The van der Waals surface area contributed by atoms with E-state index in [1.54, 1.807) is 0 Å². The quantitative estimate of drug-likeness (QED) is 0.175. The average molecular weight is 731 g/mol. The number of nitrogens with zero attached hydrogens (tertiary/aromatic N) is 2. The summed E-state index contributed by atoms with van der Waals surface area (Å²) in [7, 11) is 0. The number of thiophene rings is 3. The van der Waals surface area contributed by atoms with E-state index in [9.17, 15) is 0 Å². The van der Waals surface area contributed by atoms with E-state index >= 15 is 0 Å². The van der Waals surface area contributed by atoms with Crippen LogP contribution < -0.4 is 4.90 Å². The van der Waals surface area contributed by atoms with Crippen molar-refractivity contribution in [1.29, 1.82) is 0 Å². The number of anilines is 2. The minimum atomic E-state index is 0.145. The van der Waals surface area contributed by atoms with Crippen molar-refractivity contribution in [2.45, 2.75) is 12.5 Å². The first-order valence-corrected chi connectivity index (χ1v) is 20.5. The summed E-state index contributed by atoms with van der Waals surface area (Å²) in [6, 6.07) is 56.5. The molecule has 2 nitrogen and oxygen atoms in total. The first-order valence-electron chi connectivity index (χ1n) is 18.1. The highest BCUT2D eigenvalue weighted by atomic mass is 32.1. The fourth-order valence-corrected chi connectivity index (χ4v) is 12.3. The number of aromatic nitrogens is 1. The maximum atomic E-state index is 2.61. The SMILES string of the molecule is C1=CC(N(c2ccc3sc4ccccc4c3c2)c2ccc3c(c2)c2c4sc5ccccc5c4ccc2n3-c2ccccc2)Cc2c1sc1ccccc21. The lowest BCUT2D eigenvalue weighted by atomic mass is 9.95. The topological polar surface area (TPSA) is 8.17 Å². The van der Waals surface area contributed by atoms with Gasteiger partial charge in [-0.1, -0.05) is 84.9 Å². The van der Waals surface area contributed by atoms with E-state index in [2.05, 4.69) is 173 Å². The molecule has 53 heavy (non-hydrogen) atoms. The molecule has 0 bridgehead atoms. The Bertz CT molecular complexity index is 3280. The van der Waals surface area contributed by atoms with Crippen molar-refractivity contribution < 1.29 is 0 Å². The van der Waals surface area contributed by atoms with Gasteiger partial charge in [-0.15, -0.1) is 34.0 Å². The van der Waals surface area contributed by atoms with Crippen LogP contribution in [0, 0.1) is 0 Å². The van der Waals surface area contributed by atoms with Gasteiger partial charge in [0.1, 0.15) is 0 Å². The highest BCUT2D eigenvalue weighted by molar-refractivity contribution is 7.27.